The number of hydrogen-bond acceptors (Lipinski definition) is 10. The average Bonchev–Trinajstić information content (AvgIpc) is 2.90. The van der Waals surface area contributed by atoms with Crippen LogP contribution in [0.25, 0.3) is 0 Å². The number of rotatable bonds is 6. The van der Waals surface area contributed by atoms with Gasteiger partial charge in [-0.05, 0) is 76.1 Å². The number of ketones is 4. The largest absolute Gasteiger partial charge is 0.507 e. The van der Waals surface area contributed by atoms with Crippen LogP contribution in [0.3, 0.4) is 0 Å². The fourth-order valence-corrected chi connectivity index (χ4v) is 7.96. The van der Waals surface area contributed by atoms with Crippen molar-refractivity contribution in [1.82, 2.24) is 10.2 Å². The summed E-state index contributed by atoms with van der Waals surface area (Å²) in [6.07, 6.45) is 4.57. The highest BCUT2D eigenvalue weighted by atomic mass is 16.3. The first-order valence-corrected chi connectivity index (χ1v) is 14.8. The lowest BCUT2D eigenvalue weighted by molar-refractivity contribution is -0.181. The summed E-state index contributed by atoms with van der Waals surface area (Å²) < 4.78 is 0. The highest BCUT2D eigenvalue weighted by Gasteiger charge is 2.69. The lowest BCUT2D eigenvalue weighted by Gasteiger charge is -2.52. The van der Waals surface area contributed by atoms with Crippen molar-refractivity contribution < 1.29 is 34.2 Å². The number of carbonyl (C=O) groups is 5. The number of fused-ring (bicyclic) bond motifs is 3. The molecule has 1 amide bonds. The Labute approximate surface area is 245 Å². The maximum atomic E-state index is 14.2. The first-order chi connectivity index (χ1) is 19.7. The Kier molecular flexibility index (Phi) is 7.83. The maximum Gasteiger partial charge on any atom is 0.235 e. The normalized spacial score (nSPS) is 34.6. The topological polar surface area (TPSA) is 170 Å². The Morgan fingerprint density at radius 2 is 1.71 bits per heavy atom. The van der Waals surface area contributed by atoms with E-state index in [1.165, 1.54) is 4.90 Å². The van der Waals surface area contributed by atoms with E-state index in [1.54, 1.807) is 14.1 Å². The van der Waals surface area contributed by atoms with Gasteiger partial charge in [0.1, 0.15) is 5.75 Å². The first kappa shape index (κ1) is 30.3. The van der Waals surface area contributed by atoms with Gasteiger partial charge in [0.25, 0.3) is 0 Å². The number of phenols is 1. The number of likely N-dealkylation sites (N-methyl/N-ethyl adjacent to an activating group) is 1. The lowest BCUT2D eigenvalue weighted by Crippen LogP contribution is -2.74. The van der Waals surface area contributed by atoms with Crippen molar-refractivity contribution in [1.29, 1.82) is 0 Å². The van der Waals surface area contributed by atoms with Crippen molar-refractivity contribution in [3.8, 4) is 5.75 Å². The molecule has 1 aromatic carbocycles. The Bertz CT molecular complexity index is 1350. The van der Waals surface area contributed by atoms with Gasteiger partial charge in [0.05, 0.1) is 17.5 Å². The van der Waals surface area contributed by atoms with E-state index in [2.05, 4.69) is 12.2 Å². The fraction of sp³-hybridized carbons (Fsp3) is 0.645. The number of nitrogens with two attached hydrogens (primary N) is 1. The van der Waals surface area contributed by atoms with Crippen LogP contribution in [0.4, 0.5) is 5.69 Å². The Morgan fingerprint density at radius 3 is 2.29 bits per heavy atom. The second-order valence-electron chi connectivity index (χ2n) is 13.3. The fourth-order valence-electron chi connectivity index (χ4n) is 7.96. The van der Waals surface area contributed by atoms with Crippen LogP contribution in [0.1, 0.15) is 60.5 Å². The van der Waals surface area contributed by atoms with E-state index in [0.717, 1.165) is 31.4 Å². The van der Waals surface area contributed by atoms with Gasteiger partial charge < -0.3 is 26.2 Å². The zero-order valence-electron chi connectivity index (χ0n) is 25.0. The third kappa shape index (κ3) is 4.57. The molecule has 4 aliphatic rings. The summed E-state index contributed by atoms with van der Waals surface area (Å²) in [6.45, 7) is 2.58. The minimum absolute atomic E-state index is 0.0287. The zero-order valence-corrected chi connectivity index (χ0v) is 25.0. The number of anilines is 1. The van der Waals surface area contributed by atoms with Crippen LogP contribution in [0, 0.1) is 29.6 Å². The molecule has 42 heavy (non-hydrogen) atoms. The Hall–Kier alpha value is -3.15. The first-order valence-electron chi connectivity index (χ1n) is 14.8. The van der Waals surface area contributed by atoms with Crippen LogP contribution < -0.4 is 16.0 Å². The Morgan fingerprint density at radius 1 is 1.07 bits per heavy atom. The third-order valence-corrected chi connectivity index (χ3v) is 10.2. The average molecular weight is 583 g/mol. The quantitative estimate of drug-likeness (QED) is 0.348. The molecule has 11 heteroatoms. The molecule has 0 aromatic heterocycles. The predicted molar refractivity (Wildman–Crippen MR) is 154 cm³/mol. The summed E-state index contributed by atoms with van der Waals surface area (Å²) in [5.41, 5.74) is 4.57. The molecule has 0 heterocycles. The standard InChI is InChI=1S/C31H42N4O7/c1-14-6-8-17(9-7-14)33-13-16-12-20(34(2)3)18-10-15-11-19-24(35(4)5)27(38)23(30(32)41)29(40)31(19,42)28(39)21(15)26(37)22(18)25(16)36/h12,14-15,17,19,21,23-24,33,36,42H,6-11,13H2,1-5H3,(H2,32,41)/t14?,15-,17?,19-,21?,23?,24-,31-/m1/s1. The number of primary amides is 1. The van der Waals surface area contributed by atoms with E-state index in [1.807, 2.05) is 25.1 Å². The minimum Gasteiger partial charge on any atom is -0.507 e. The molecule has 6 atom stereocenters. The molecular weight excluding hydrogens is 540 g/mol. The number of carbonyl (C=O) groups excluding carboxylic acids is 5. The summed E-state index contributed by atoms with van der Waals surface area (Å²) in [7, 11) is 6.83. The molecule has 2 unspecified atom stereocenters. The molecule has 11 nitrogen and oxygen atoms in total. The van der Waals surface area contributed by atoms with Gasteiger partial charge in [0.2, 0.25) is 5.91 Å². The molecule has 5 rings (SSSR count). The lowest BCUT2D eigenvalue weighted by atomic mass is 9.52. The van der Waals surface area contributed by atoms with Crippen molar-refractivity contribution >= 4 is 34.7 Å². The summed E-state index contributed by atoms with van der Waals surface area (Å²) >= 11 is 0. The number of benzene rings is 1. The van der Waals surface area contributed by atoms with E-state index >= 15 is 0 Å². The highest BCUT2D eigenvalue weighted by Crippen LogP contribution is 2.52. The molecule has 228 valence electrons. The van der Waals surface area contributed by atoms with Crippen LogP contribution in [-0.4, -0.2) is 90.0 Å². The van der Waals surface area contributed by atoms with E-state index < -0.39 is 64.4 Å². The molecule has 0 radical (unpaired) electrons. The van der Waals surface area contributed by atoms with E-state index in [-0.39, 0.29) is 24.2 Å². The molecule has 3 saturated carbocycles. The third-order valence-electron chi connectivity index (χ3n) is 10.2. The van der Waals surface area contributed by atoms with Gasteiger partial charge in [0.15, 0.2) is 34.7 Å². The highest BCUT2D eigenvalue weighted by molar-refractivity contribution is 6.32. The summed E-state index contributed by atoms with van der Waals surface area (Å²) in [6, 6.07) is 1.05. The maximum absolute atomic E-state index is 14.2. The number of aromatic hydroxyl groups is 1. The SMILES string of the molecule is CC1CCC(NCc2cc(N(C)C)c3c(c2O)C(=O)C2C(=O)[C@@]4(O)C(=O)C(C(N)=O)C(=O)[C@H](N(C)C)[C@H]4C[C@H]2C3)CC1. The van der Waals surface area contributed by atoms with Crippen LogP contribution in [0.15, 0.2) is 6.07 Å². The molecule has 5 N–H and O–H groups in total. The van der Waals surface area contributed by atoms with Gasteiger partial charge in [-0.15, -0.1) is 0 Å². The number of hydrogen-bond donors (Lipinski definition) is 4. The molecular formula is C31H42N4O7. The number of Topliss-reactive ketones (excluding diaryl/α,β-unsaturated/α-hetero) is 4. The van der Waals surface area contributed by atoms with Gasteiger partial charge in [-0.25, -0.2) is 0 Å². The molecule has 0 saturated heterocycles. The summed E-state index contributed by atoms with van der Waals surface area (Å²) in [4.78, 5) is 70.5. The molecule has 1 aromatic rings. The van der Waals surface area contributed by atoms with Crippen molar-refractivity contribution in [3.05, 3.63) is 22.8 Å². The number of nitrogens with one attached hydrogen (secondary N) is 1. The van der Waals surface area contributed by atoms with Crippen molar-refractivity contribution in [3.63, 3.8) is 0 Å². The molecule has 0 bridgehead atoms. The van der Waals surface area contributed by atoms with Gasteiger partial charge in [-0.3, -0.25) is 28.9 Å². The molecule has 3 fully saturated rings. The Balaban J connectivity index is 1.55. The van der Waals surface area contributed by atoms with Crippen LogP contribution >= 0.6 is 0 Å². The van der Waals surface area contributed by atoms with Gasteiger partial charge in [0, 0.05) is 43.9 Å². The summed E-state index contributed by atoms with van der Waals surface area (Å²) in [5.74, 6) is -9.61. The van der Waals surface area contributed by atoms with Crippen molar-refractivity contribution in [2.45, 2.75) is 69.7 Å². The number of nitrogens with zero attached hydrogens (tertiary/aromatic N) is 2. The smallest absolute Gasteiger partial charge is 0.235 e. The second-order valence-corrected chi connectivity index (χ2v) is 13.3. The van der Waals surface area contributed by atoms with Crippen LogP contribution in [0.2, 0.25) is 0 Å². The van der Waals surface area contributed by atoms with Crippen LogP contribution in [0.5, 0.6) is 5.75 Å². The second kappa shape index (κ2) is 10.8. The van der Waals surface area contributed by atoms with Gasteiger partial charge in [-0.1, -0.05) is 6.92 Å². The molecule has 0 spiro atoms. The minimum atomic E-state index is -2.73. The van der Waals surface area contributed by atoms with Crippen LogP contribution in [-0.2, 0) is 32.1 Å². The number of phenolic OH excluding ortho intramolecular Hbond substituents is 1. The number of amides is 1. The zero-order chi connectivity index (χ0) is 30.8. The predicted octanol–water partition coefficient (Wildman–Crippen LogP) is 0.601. The van der Waals surface area contributed by atoms with Gasteiger partial charge in [-0.2, -0.15) is 0 Å². The van der Waals surface area contributed by atoms with E-state index in [4.69, 9.17) is 5.73 Å². The van der Waals surface area contributed by atoms with E-state index in [9.17, 15) is 34.2 Å². The molecule has 4 aliphatic carbocycles. The summed E-state index contributed by atoms with van der Waals surface area (Å²) in [5, 5.41) is 26.7. The number of aliphatic hydroxyl groups is 1. The van der Waals surface area contributed by atoms with Crippen molar-refractivity contribution in [2.75, 3.05) is 33.1 Å². The molecule has 0 aliphatic heterocycles. The van der Waals surface area contributed by atoms with Crippen molar-refractivity contribution in [2.24, 2.45) is 35.3 Å². The van der Waals surface area contributed by atoms with Gasteiger partial charge >= 0.3 is 0 Å². The van der Waals surface area contributed by atoms with E-state index in [0.29, 0.717) is 29.6 Å². The monoisotopic (exact) mass is 582 g/mol.